The lowest BCUT2D eigenvalue weighted by molar-refractivity contribution is 0.865. The molecule has 0 fully saturated rings. The van der Waals surface area contributed by atoms with Gasteiger partial charge in [0.1, 0.15) is 0 Å². The van der Waals surface area contributed by atoms with Crippen molar-refractivity contribution in [1.82, 2.24) is 0 Å². The molecule has 22 heavy (non-hydrogen) atoms. The first-order valence-corrected chi connectivity index (χ1v) is 8.53. The Hall–Kier alpha value is -1.56. The normalized spacial score (nSPS) is 9.73. The van der Waals surface area contributed by atoms with Gasteiger partial charge in [-0.1, -0.05) is 101 Å². The van der Waals surface area contributed by atoms with E-state index >= 15 is 0 Å². The standard InChI is InChI=1S/2C10H14.C2H6/c1-8(2)10-6-4-9(3)5-7-10;1-8(2)10-6-4-5-9(3)7-10;1-2/h2*4-8H,1-3H3;1-2H3. The molecule has 0 heteroatoms. The number of hydrogen-bond donors (Lipinski definition) is 0. The van der Waals surface area contributed by atoms with Gasteiger partial charge >= 0.3 is 0 Å². The monoisotopic (exact) mass is 298 g/mol. The van der Waals surface area contributed by atoms with Crippen LogP contribution in [0, 0.1) is 13.8 Å². The lowest BCUT2D eigenvalue weighted by Crippen LogP contribution is -1.86. The third-order valence-electron chi connectivity index (χ3n) is 3.45. The molecule has 0 heterocycles. The van der Waals surface area contributed by atoms with Crippen molar-refractivity contribution in [2.45, 2.75) is 67.2 Å². The molecule has 0 aliphatic carbocycles. The molecule has 0 atom stereocenters. The average molecular weight is 299 g/mol. The van der Waals surface area contributed by atoms with Crippen molar-refractivity contribution in [3.8, 4) is 0 Å². The Kier molecular flexibility index (Phi) is 10.3. The molecule has 0 saturated carbocycles. The Morgan fingerprint density at radius 2 is 1.09 bits per heavy atom. The molecule has 2 aromatic rings. The molecule has 0 amide bonds. The second-order valence-corrected chi connectivity index (χ2v) is 6.13. The first-order valence-electron chi connectivity index (χ1n) is 8.53. The minimum atomic E-state index is 0.653. The molecule has 0 saturated heterocycles. The summed E-state index contributed by atoms with van der Waals surface area (Å²) in [5.74, 6) is 1.31. The van der Waals surface area contributed by atoms with Crippen molar-refractivity contribution >= 4 is 0 Å². The van der Waals surface area contributed by atoms with Crippen LogP contribution in [0.4, 0.5) is 0 Å². The highest BCUT2D eigenvalue weighted by atomic mass is 14.0. The molecule has 0 bridgehead atoms. The van der Waals surface area contributed by atoms with E-state index in [0.29, 0.717) is 11.8 Å². The quantitative estimate of drug-likeness (QED) is 0.547. The van der Waals surface area contributed by atoms with Gasteiger partial charge < -0.3 is 0 Å². The maximum Gasteiger partial charge on any atom is -0.0219 e. The van der Waals surface area contributed by atoms with E-state index in [1.54, 1.807) is 0 Å². The van der Waals surface area contributed by atoms with Crippen LogP contribution in [0.1, 0.15) is 75.6 Å². The topological polar surface area (TPSA) is 0 Å². The molecule has 0 aliphatic rings. The van der Waals surface area contributed by atoms with Gasteiger partial charge in [0, 0.05) is 0 Å². The van der Waals surface area contributed by atoms with Crippen molar-refractivity contribution < 1.29 is 0 Å². The summed E-state index contributed by atoms with van der Waals surface area (Å²) in [5.41, 5.74) is 5.54. The fraction of sp³-hybridized carbons (Fsp3) is 0.455. The van der Waals surface area contributed by atoms with Crippen LogP contribution in [0.5, 0.6) is 0 Å². The van der Waals surface area contributed by atoms with Gasteiger partial charge in [0.25, 0.3) is 0 Å². The summed E-state index contributed by atoms with van der Waals surface area (Å²) in [6.07, 6.45) is 0. The van der Waals surface area contributed by atoms with E-state index in [-0.39, 0.29) is 0 Å². The Morgan fingerprint density at radius 1 is 0.591 bits per heavy atom. The van der Waals surface area contributed by atoms with Gasteiger partial charge in [0.15, 0.2) is 0 Å². The number of rotatable bonds is 2. The molecule has 0 radical (unpaired) electrons. The third-order valence-corrected chi connectivity index (χ3v) is 3.45. The minimum absolute atomic E-state index is 0.653. The van der Waals surface area contributed by atoms with E-state index in [2.05, 4.69) is 90.1 Å². The summed E-state index contributed by atoms with van der Waals surface area (Å²) in [7, 11) is 0. The Morgan fingerprint density at radius 3 is 1.45 bits per heavy atom. The Labute approximate surface area is 138 Å². The number of hydrogen-bond acceptors (Lipinski definition) is 0. The van der Waals surface area contributed by atoms with Gasteiger partial charge in [-0.3, -0.25) is 0 Å². The highest BCUT2D eigenvalue weighted by molar-refractivity contribution is 5.24. The zero-order chi connectivity index (χ0) is 17.1. The highest BCUT2D eigenvalue weighted by Gasteiger charge is 1.96. The smallest absolute Gasteiger partial charge is 0.0219 e. The molecule has 0 N–H and O–H groups in total. The van der Waals surface area contributed by atoms with Gasteiger partial charge in [-0.25, -0.2) is 0 Å². The first-order chi connectivity index (χ1) is 10.4. The van der Waals surface area contributed by atoms with E-state index < -0.39 is 0 Å². The minimum Gasteiger partial charge on any atom is -0.0683 e. The molecule has 0 aliphatic heterocycles. The van der Waals surface area contributed by atoms with Gasteiger partial charge in [0.05, 0.1) is 0 Å². The lowest BCUT2D eigenvalue weighted by atomic mass is 10.0. The predicted octanol–water partition coefficient (Wildman–Crippen LogP) is 7.26. The van der Waals surface area contributed by atoms with Crippen LogP contribution in [-0.2, 0) is 0 Å². The maximum atomic E-state index is 2.24. The summed E-state index contributed by atoms with van der Waals surface area (Å²) in [6, 6.07) is 17.4. The van der Waals surface area contributed by atoms with Crippen LogP contribution in [0.2, 0.25) is 0 Å². The summed E-state index contributed by atoms with van der Waals surface area (Å²) in [4.78, 5) is 0. The summed E-state index contributed by atoms with van der Waals surface area (Å²) in [5, 5.41) is 0. The van der Waals surface area contributed by atoms with E-state index in [0.717, 1.165) is 0 Å². The van der Waals surface area contributed by atoms with Crippen LogP contribution >= 0.6 is 0 Å². The SMILES string of the molecule is CC.Cc1ccc(C(C)C)cc1.Cc1cccc(C(C)C)c1. The van der Waals surface area contributed by atoms with Crippen LogP contribution in [0.3, 0.4) is 0 Å². The van der Waals surface area contributed by atoms with Crippen molar-refractivity contribution in [1.29, 1.82) is 0 Å². The summed E-state index contributed by atoms with van der Waals surface area (Å²) >= 11 is 0. The Balaban J connectivity index is 0.000000360. The molecule has 0 spiro atoms. The largest absolute Gasteiger partial charge is 0.0683 e. The van der Waals surface area contributed by atoms with E-state index in [9.17, 15) is 0 Å². The molecule has 2 aromatic carbocycles. The lowest BCUT2D eigenvalue weighted by Gasteiger charge is -2.04. The second kappa shape index (κ2) is 11.1. The molecule has 0 aromatic heterocycles. The van der Waals surface area contributed by atoms with E-state index in [1.807, 2.05) is 13.8 Å². The van der Waals surface area contributed by atoms with Crippen molar-refractivity contribution in [3.63, 3.8) is 0 Å². The second-order valence-electron chi connectivity index (χ2n) is 6.13. The fourth-order valence-electron chi connectivity index (χ4n) is 1.98. The van der Waals surface area contributed by atoms with Gasteiger partial charge in [-0.2, -0.15) is 0 Å². The van der Waals surface area contributed by atoms with Gasteiger partial charge in [0.2, 0.25) is 0 Å². The van der Waals surface area contributed by atoms with E-state index in [1.165, 1.54) is 22.3 Å². The van der Waals surface area contributed by atoms with Crippen LogP contribution in [0.15, 0.2) is 48.5 Å². The zero-order valence-corrected chi connectivity index (χ0v) is 15.8. The van der Waals surface area contributed by atoms with Crippen molar-refractivity contribution in [2.75, 3.05) is 0 Å². The summed E-state index contributed by atoms with van der Waals surface area (Å²) in [6.45, 7) is 17.1. The molecular weight excluding hydrogens is 264 g/mol. The molecule has 2 rings (SSSR count). The number of aryl methyl sites for hydroxylation is 2. The van der Waals surface area contributed by atoms with Crippen LogP contribution < -0.4 is 0 Å². The number of benzene rings is 2. The molecular formula is C22H34. The van der Waals surface area contributed by atoms with Crippen LogP contribution in [0.25, 0.3) is 0 Å². The summed E-state index contributed by atoms with van der Waals surface area (Å²) < 4.78 is 0. The fourth-order valence-corrected chi connectivity index (χ4v) is 1.98. The first kappa shape index (κ1) is 20.4. The zero-order valence-electron chi connectivity index (χ0n) is 15.8. The molecule has 0 unspecified atom stereocenters. The molecule has 0 nitrogen and oxygen atoms in total. The van der Waals surface area contributed by atoms with Crippen molar-refractivity contribution in [3.05, 3.63) is 70.8 Å². The highest BCUT2D eigenvalue weighted by Crippen LogP contribution is 2.14. The van der Waals surface area contributed by atoms with Crippen molar-refractivity contribution in [2.24, 2.45) is 0 Å². The predicted molar refractivity (Wildman–Crippen MR) is 102 cm³/mol. The van der Waals surface area contributed by atoms with Gasteiger partial charge in [-0.15, -0.1) is 0 Å². The van der Waals surface area contributed by atoms with E-state index in [4.69, 9.17) is 0 Å². The third kappa shape index (κ3) is 8.02. The molecule has 122 valence electrons. The Bertz CT molecular complexity index is 504. The van der Waals surface area contributed by atoms with Gasteiger partial charge in [-0.05, 0) is 36.8 Å². The average Bonchev–Trinajstić information content (AvgIpc) is 2.50. The maximum absolute atomic E-state index is 2.24. The van der Waals surface area contributed by atoms with Crippen LogP contribution in [-0.4, -0.2) is 0 Å².